The summed E-state index contributed by atoms with van der Waals surface area (Å²) in [6.45, 7) is 6.28. The van der Waals surface area contributed by atoms with Gasteiger partial charge in [0.2, 0.25) is 5.91 Å². The molecule has 0 radical (unpaired) electrons. The number of amides is 1. The van der Waals surface area contributed by atoms with Gasteiger partial charge in [-0.2, -0.15) is 0 Å². The maximum atomic E-state index is 12.1. The molecule has 1 fully saturated rings. The normalized spacial score (nSPS) is 20.2. The van der Waals surface area contributed by atoms with Crippen LogP contribution >= 0.6 is 0 Å². The van der Waals surface area contributed by atoms with Gasteiger partial charge < -0.3 is 15.2 Å². The lowest BCUT2D eigenvalue weighted by Crippen LogP contribution is -2.32. The lowest BCUT2D eigenvalue weighted by Gasteiger charge is -2.17. The van der Waals surface area contributed by atoms with Crippen LogP contribution in [0.1, 0.15) is 20.3 Å². The Hall–Kier alpha value is -1.59. The van der Waals surface area contributed by atoms with Crippen LogP contribution in [0.15, 0.2) is 24.3 Å². The summed E-state index contributed by atoms with van der Waals surface area (Å²) in [5.41, 5.74) is 0.704. The summed E-state index contributed by atoms with van der Waals surface area (Å²) >= 11 is 0. The van der Waals surface area contributed by atoms with Crippen molar-refractivity contribution >= 4 is 11.6 Å². The maximum Gasteiger partial charge on any atom is 0.238 e. The minimum absolute atomic E-state index is 0.0478. The Balaban J connectivity index is 1.88. The fourth-order valence-corrected chi connectivity index (χ4v) is 2.64. The first-order chi connectivity index (χ1) is 10.1. The molecule has 5 heteroatoms. The molecule has 1 aromatic carbocycles. The Labute approximate surface area is 125 Å². The van der Waals surface area contributed by atoms with E-state index in [1.165, 1.54) is 0 Å². The van der Waals surface area contributed by atoms with Crippen LogP contribution in [0.3, 0.4) is 0 Å². The van der Waals surface area contributed by atoms with Crippen LogP contribution in [0, 0.1) is 5.92 Å². The van der Waals surface area contributed by atoms with Crippen molar-refractivity contribution in [2.75, 3.05) is 31.6 Å². The summed E-state index contributed by atoms with van der Waals surface area (Å²) in [5.74, 6) is 0.915. The molecule has 1 aromatic rings. The zero-order chi connectivity index (χ0) is 15.2. The standard InChI is InChI=1S/C16H24N2O3/c1-3-21-15-7-5-4-6-14(15)17-16(20)11-18-9-8-13(10-18)12(2)19/h4-7,12-13,19H,3,8-11H2,1-2H3,(H,17,20). The van der Waals surface area contributed by atoms with Crippen molar-refractivity contribution in [1.29, 1.82) is 0 Å². The molecule has 1 aliphatic rings. The van der Waals surface area contributed by atoms with Gasteiger partial charge in [0.15, 0.2) is 0 Å². The number of nitrogens with zero attached hydrogens (tertiary/aromatic N) is 1. The molecule has 0 aliphatic carbocycles. The van der Waals surface area contributed by atoms with E-state index in [0.29, 0.717) is 24.6 Å². The SMILES string of the molecule is CCOc1ccccc1NC(=O)CN1CCC(C(C)O)C1. The number of para-hydroxylation sites is 2. The Kier molecular flexibility index (Phi) is 5.59. The third kappa shape index (κ3) is 4.44. The van der Waals surface area contributed by atoms with Crippen molar-refractivity contribution in [3.8, 4) is 5.75 Å². The van der Waals surface area contributed by atoms with Gasteiger partial charge in [-0.1, -0.05) is 12.1 Å². The molecule has 0 bridgehead atoms. The quantitative estimate of drug-likeness (QED) is 0.838. The molecule has 21 heavy (non-hydrogen) atoms. The van der Waals surface area contributed by atoms with Crippen LogP contribution in [0.5, 0.6) is 5.75 Å². The van der Waals surface area contributed by atoms with E-state index < -0.39 is 0 Å². The number of ether oxygens (including phenoxy) is 1. The largest absolute Gasteiger partial charge is 0.492 e. The van der Waals surface area contributed by atoms with E-state index in [0.717, 1.165) is 19.5 Å². The molecule has 5 nitrogen and oxygen atoms in total. The second-order valence-corrected chi connectivity index (χ2v) is 5.50. The van der Waals surface area contributed by atoms with E-state index in [2.05, 4.69) is 10.2 Å². The first-order valence-corrected chi connectivity index (χ1v) is 7.52. The van der Waals surface area contributed by atoms with E-state index in [4.69, 9.17) is 4.74 Å². The van der Waals surface area contributed by atoms with Crippen LogP contribution < -0.4 is 10.1 Å². The molecule has 116 valence electrons. The topological polar surface area (TPSA) is 61.8 Å². The molecule has 1 amide bonds. The highest BCUT2D eigenvalue weighted by atomic mass is 16.5. The molecular weight excluding hydrogens is 268 g/mol. The van der Waals surface area contributed by atoms with Crippen LogP contribution in [-0.2, 0) is 4.79 Å². The average molecular weight is 292 g/mol. The first kappa shape index (κ1) is 15.8. The van der Waals surface area contributed by atoms with Crippen LogP contribution in [0.4, 0.5) is 5.69 Å². The van der Waals surface area contributed by atoms with Crippen molar-refractivity contribution in [2.45, 2.75) is 26.4 Å². The molecule has 0 saturated carbocycles. The van der Waals surface area contributed by atoms with Crippen molar-refractivity contribution in [2.24, 2.45) is 5.92 Å². The second-order valence-electron chi connectivity index (χ2n) is 5.50. The fourth-order valence-electron chi connectivity index (χ4n) is 2.64. The number of nitrogens with one attached hydrogen (secondary N) is 1. The molecule has 2 N–H and O–H groups in total. The van der Waals surface area contributed by atoms with Crippen molar-refractivity contribution in [3.05, 3.63) is 24.3 Å². The fraction of sp³-hybridized carbons (Fsp3) is 0.562. The lowest BCUT2D eigenvalue weighted by atomic mass is 10.0. The van der Waals surface area contributed by atoms with Crippen molar-refractivity contribution < 1.29 is 14.6 Å². The molecule has 2 unspecified atom stereocenters. The van der Waals surface area contributed by atoms with Crippen LogP contribution in [-0.4, -0.2) is 48.3 Å². The Morgan fingerprint density at radius 1 is 1.52 bits per heavy atom. The zero-order valence-corrected chi connectivity index (χ0v) is 12.7. The van der Waals surface area contributed by atoms with Gasteiger partial charge >= 0.3 is 0 Å². The minimum Gasteiger partial charge on any atom is -0.492 e. The number of aliphatic hydroxyl groups excluding tert-OH is 1. The average Bonchev–Trinajstić information content (AvgIpc) is 2.90. The molecule has 1 saturated heterocycles. The lowest BCUT2D eigenvalue weighted by molar-refractivity contribution is -0.117. The first-order valence-electron chi connectivity index (χ1n) is 7.52. The predicted octanol–water partition coefficient (Wildman–Crippen LogP) is 1.73. The Morgan fingerprint density at radius 3 is 2.95 bits per heavy atom. The summed E-state index contributed by atoms with van der Waals surface area (Å²) in [6, 6.07) is 7.44. The molecule has 0 aromatic heterocycles. The van der Waals surface area contributed by atoms with E-state index >= 15 is 0 Å². The monoisotopic (exact) mass is 292 g/mol. The van der Waals surface area contributed by atoms with Gasteiger partial charge in [-0.15, -0.1) is 0 Å². The third-order valence-electron chi connectivity index (χ3n) is 3.82. The summed E-state index contributed by atoms with van der Waals surface area (Å²) in [7, 11) is 0. The van der Waals surface area contributed by atoms with E-state index in [-0.39, 0.29) is 17.9 Å². The number of aliphatic hydroxyl groups is 1. The van der Waals surface area contributed by atoms with Gasteiger partial charge in [0.25, 0.3) is 0 Å². The van der Waals surface area contributed by atoms with Crippen LogP contribution in [0.2, 0.25) is 0 Å². The Bertz CT molecular complexity index is 476. The van der Waals surface area contributed by atoms with Gasteiger partial charge in [-0.05, 0) is 44.9 Å². The smallest absolute Gasteiger partial charge is 0.238 e. The summed E-state index contributed by atoms with van der Waals surface area (Å²) in [5, 5.41) is 12.5. The van der Waals surface area contributed by atoms with E-state index in [9.17, 15) is 9.90 Å². The summed E-state index contributed by atoms with van der Waals surface area (Å²) < 4.78 is 5.49. The van der Waals surface area contributed by atoms with Gasteiger partial charge in [0.1, 0.15) is 5.75 Å². The highest BCUT2D eigenvalue weighted by Crippen LogP contribution is 2.24. The number of anilines is 1. The Morgan fingerprint density at radius 2 is 2.29 bits per heavy atom. The number of carbonyl (C=O) groups excluding carboxylic acids is 1. The third-order valence-corrected chi connectivity index (χ3v) is 3.82. The number of carbonyl (C=O) groups is 1. The number of rotatable bonds is 6. The van der Waals surface area contributed by atoms with Gasteiger partial charge in [-0.25, -0.2) is 0 Å². The van der Waals surface area contributed by atoms with Crippen molar-refractivity contribution in [1.82, 2.24) is 4.90 Å². The maximum absolute atomic E-state index is 12.1. The highest BCUT2D eigenvalue weighted by molar-refractivity contribution is 5.93. The molecule has 1 aliphatic heterocycles. The molecule has 0 spiro atoms. The van der Waals surface area contributed by atoms with Crippen LogP contribution in [0.25, 0.3) is 0 Å². The minimum atomic E-state index is -0.309. The van der Waals surface area contributed by atoms with Crippen molar-refractivity contribution in [3.63, 3.8) is 0 Å². The van der Waals surface area contributed by atoms with E-state index in [1.807, 2.05) is 38.1 Å². The van der Waals surface area contributed by atoms with Gasteiger partial charge in [-0.3, -0.25) is 9.69 Å². The predicted molar refractivity (Wildman–Crippen MR) is 82.5 cm³/mol. The summed E-state index contributed by atoms with van der Waals surface area (Å²) in [6.07, 6.45) is 0.636. The second kappa shape index (κ2) is 7.43. The molecule has 2 atom stereocenters. The van der Waals surface area contributed by atoms with Gasteiger partial charge in [0, 0.05) is 6.54 Å². The number of likely N-dealkylation sites (tertiary alicyclic amines) is 1. The summed E-state index contributed by atoms with van der Waals surface area (Å²) in [4.78, 5) is 14.2. The number of hydrogen-bond donors (Lipinski definition) is 2. The number of benzene rings is 1. The number of hydrogen-bond acceptors (Lipinski definition) is 4. The van der Waals surface area contributed by atoms with E-state index in [1.54, 1.807) is 0 Å². The zero-order valence-electron chi connectivity index (χ0n) is 12.7. The molecule has 1 heterocycles. The molecule has 2 rings (SSSR count). The van der Waals surface area contributed by atoms with Gasteiger partial charge in [0.05, 0.1) is 24.9 Å². The highest BCUT2D eigenvalue weighted by Gasteiger charge is 2.27. The molecular formula is C16H24N2O3.